The van der Waals surface area contributed by atoms with Crippen LogP contribution in [0.5, 0.6) is 0 Å². The Morgan fingerprint density at radius 3 is 2.27 bits per heavy atom. The summed E-state index contributed by atoms with van der Waals surface area (Å²) < 4.78 is 0. The van der Waals surface area contributed by atoms with Gasteiger partial charge in [0.1, 0.15) is 0 Å². The zero-order chi connectivity index (χ0) is 21.3. The van der Waals surface area contributed by atoms with Crippen molar-refractivity contribution in [1.29, 1.82) is 0 Å². The SMILES string of the molecule is Cc1ccc(N2C[C@@H](NC(=O)CCCN3C(=O)c4ccccc4C3=O)CC2=O)cc1. The molecule has 0 radical (unpaired) electrons. The van der Waals surface area contributed by atoms with Crippen molar-refractivity contribution in [3.63, 3.8) is 0 Å². The molecule has 1 fully saturated rings. The van der Waals surface area contributed by atoms with Crippen molar-refractivity contribution in [3.05, 3.63) is 65.2 Å². The Kier molecular flexibility index (Phi) is 5.35. The number of amides is 4. The summed E-state index contributed by atoms with van der Waals surface area (Å²) in [6.07, 6.45) is 0.820. The topological polar surface area (TPSA) is 86.8 Å². The molecule has 0 spiro atoms. The standard InChI is InChI=1S/C23H23N3O4/c1-15-8-10-17(11-9-15)26-14-16(13-21(26)28)24-20(27)7-4-12-25-22(29)18-5-2-3-6-19(18)23(25)30/h2-3,5-6,8-11,16H,4,7,12-14H2,1H3,(H,24,27)/t16-/m0/s1. The molecular formula is C23H23N3O4. The summed E-state index contributed by atoms with van der Waals surface area (Å²) in [5.74, 6) is -0.831. The van der Waals surface area contributed by atoms with Gasteiger partial charge in [-0.25, -0.2) is 0 Å². The average molecular weight is 405 g/mol. The lowest BCUT2D eigenvalue weighted by Crippen LogP contribution is -2.37. The van der Waals surface area contributed by atoms with Crippen LogP contribution < -0.4 is 10.2 Å². The van der Waals surface area contributed by atoms with Crippen LogP contribution in [0.1, 0.15) is 45.5 Å². The van der Waals surface area contributed by atoms with Crippen LogP contribution >= 0.6 is 0 Å². The van der Waals surface area contributed by atoms with Crippen LogP contribution in [0.2, 0.25) is 0 Å². The van der Waals surface area contributed by atoms with E-state index in [1.165, 1.54) is 4.90 Å². The highest BCUT2D eigenvalue weighted by atomic mass is 16.2. The Morgan fingerprint density at radius 1 is 1.00 bits per heavy atom. The minimum absolute atomic E-state index is 0.0184. The van der Waals surface area contributed by atoms with Crippen molar-refractivity contribution in [3.8, 4) is 0 Å². The monoisotopic (exact) mass is 405 g/mol. The molecule has 2 aromatic rings. The Balaban J connectivity index is 1.26. The largest absolute Gasteiger partial charge is 0.351 e. The summed E-state index contributed by atoms with van der Waals surface area (Å²) in [6.45, 7) is 2.62. The Labute approximate surface area is 174 Å². The predicted molar refractivity (Wildman–Crippen MR) is 111 cm³/mol. The van der Waals surface area contributed by atoms with Gasteiger partial charge in [0.2, 0.25) is 11.8 Å². The lowest BCUT2D eigenvalue weighted by atomic mass is 10.1. The molecule has 1 atom stereocenters. The molecule has 1 N–H and O–H groups in total. The van der Waals surface area contributed by atoms with Crippen LogP contribution in [0.25, 0.3) is 0 Å². The number of anilines is 1. The Morgan fingerprint density at radius 2 is 1.63 bits per heavy atom. The van der Waals surface area contributed by atoms with E-state index in [9.17, 15) is 19.2 Å². The van der Waals surface area contributed by atoms with E-state index < -0.39 is 0 Å². The maximum Gasteiger partial charge on any atom is 0.261 e. The third-order valence-electron chi connectivity index (χ3n) is 5.50. The van der Waals surface area contributed by atoms with Crippen molar-refractivity contribution in [2.24, 2.45) is 0 Å². The highest BCUT2D eigenvalue weighted by Gasteiger charge is 2.35. The molecule has 0 bridgehead atoms. The number of aryl methyl sites for hydroxylation is 1. The van der Waals surface area contributed by atoms with E-state index in [1.807, 2.05) is 31.2 Å². The number of rotatable bonds is 6. The van der Waals surface area contributed by atoms with Crippen molar-refractivity contribution >= 4 is 29.3 Å². The van der Waals surface area contributed by atoms with Crippen LogP contribution in [0.3, 0.4) is 0 Å². The van der Waals surface area contributed by atoms with Crippen LogP contribution in [-0.2, 0) is 9.59 Å². The molecule has 2 aliphatic heterocycles. The summed E-state index contributed by atoms with van der Waals surface area (Å²) in [5.41, 5.74) is 2.77. The molecule has 0 aromatic heterocycles. The molecule has 0 aliphatic carbocycles. The fraction of sp³-hybridized carbons (Fsp3) is 0.304. The number of fused-ring (bicyclic) bond motifs is 1. The first-order valence-electron chi connectivity index (χ1n) is 10.1. The van der Waals surface area contributed by atoms with E-state index in [0.29, 0.717) is 24.1 Å². The second kappa shape index (κ2) is 8.10. The molecule has 154 valence electrons. The molecule has 1 saturated heterocycles. The third-order valence-corrected chi connectivity index (χ3v) is 5.50. The van der Waals surface area contributed by atoms with Crippen LogP contribution in [0, 0.1) is 6.92 Å². The van der Waals surface area contributed by atoms with E-state index in [0.717, 1.165) is 11.3 Å². The first-order chi connectivity index (χ1) is 14.4. The number of carbonyl (C=O) groups is 4. The van der Waals surface area contributed by atoms with E-state index in [2.05, 4.69) is 5.32 Å². The van der Waals surface area contributed by atoms with Gasteiger partial charge in [-0.2, -0.15) is 0 Å². The van der Waals surface area contributed by atoms with Gasteiger partial charge in [-0.3, -0.25) is 24.1 Å². The summed E-state index contributed by atoms with van der Waals surface area (Å²) in [5, 5.41) is 2.90. The van der Waals surface area contributed by atoms with Crippen LogP contribution in [-0.4, -0.2) is 47.7 Å². The zero-order valence-electron chi connectivity index (χ0n) is 16.8. The number of benzene rings is 2. The van der Waals surface area contributed by atoms with Gasteiger partial charge in [0.15, 0.2) is 0 Å². The van der Waals surface area contributed by atoms with Crippen molar-refractivity contribution < 1.29 is 19.2 Å². The van der Waals surface area contributed by atoms with Crippen molar-refractivity contribution in [2.45, 2.75) is 32.2 Å². The first-order valence-corrected chi connectivity index (χ1v) is 10.1. The summed E-state index contributed by atoms with van der Waals surface area (Å²) in [6, 6.07) is 14.2. The first kappa shape index (κ1) is 19.8. The molecule has 30 heavy (non-hydrogen) atoms. The number of imide groups is 1. The van der Waals surface area contributed by atoms with E-state index in [4.69, 9.17) is 0 Å². The molecule has 7 heteroatoms. The van der Waals surface area contributed by atoms with Crippen LogP contribution in [0.4, 0.5) is 5.69 Å². The number of nitrogens with zero attached hydrogens (tertiary/aromatic N) is 2. The highest BCUT2D eigenvalue weighted by molar-refractivity contribution is 6.21. The van der Waals surface area contributed by atoms with Gasteiger partial charge in [-0.1, -0.05) is 29.8 Å². The maximum atomic E-state index is 12.4. The number of carbonyl (C=O) groups excluding carboxylic acids is 4. The Bertz CT molecular complexity index is 980. The fourth-order valence-electron chi connectivity index (χ4n) is 3.92. The van der Waals surface area contributed by atoms with Crippen molar-refractivity contribution in [1.82, 2.24) is 10.2 Å². The second-order valence-electron chi connectivity index (χ2n) is 7.72. The van der Waals surface area contributed by atoms with Gasteiger partial charge in [0.05, 0.1) is 17.2 Å². The average Bonchev–Trinajstić information content (AvgIpc) is 3.21. The number of nitrogens with one attached hydrogen (secondary N) is 1. The van der Waals surface area contributed by atoms with Crippen molar-refractivity contribution in [2.75, 3.05) is 18.0 Å². The quantitative estimate of drug-likeness (QED) is 0.747. The van der Waals surface area contributed by atoms with Gasteiger partial charge in [-0.15, -0.1) is 0 Å². The molecule has 0 saturated carbocycles. The minimum atomic E-state index is -0.314. The summed E-state index contributed by atoms with van der Waals surface area (Å²) >= 11 is 0. The molecule has 2 aliphatic rings. The normalized spacial score (nSPS) is 18.2. The van der Waals surface area contributed by atoms with E-state index in [1.54, 1.807) is 29.2 Å². The van der Waals surface area contributed by atoms with Gasteiger partial charge in [0, 0.05) is 31.6 Å². The molecule has 7 nitrogen and oxygen atoms in total. The minimum Gasteiger partial charge on any atom is -0.351 e. The number of hydrogen-bond acceptors (Lipinski definition) is 4. The summed E-state index contributed by atoms with van der Waals surface area (Å²) in [7, 11) is 0. The molecule has 0 unspecified atom stereocenters. The van der Waals surface area contributed by atoms with Gasteiger partial charge >= 0.3 is 0 Å². The van der Waals surface area contributed by atoms with Gasteiger partial charge in [-0.05, 0) is 37.6 Å². The predicted octanol–water partition coefficient (Wildman–Crippen LogP) is 2.29. The van der Waals surface area contributed by atoms with E-state index in [-0.39, 0.29) is 49.1 Å². The summed E-state index contributed by atoms with van der Waals surface area (Å²) in [4.78, 5) is 52.2. The molecule has 2 aromatic carbocycles. The molecule has 4 amide bonds. The zero-order valence-corrected chi connectivity index (χ0v) is 16.8. The Hall–Kier alpha value is -3.48. The lowest BCUT2D eigenvalue weighted by molar-refractivity contribution is -0.121. The third kappa shape index (κ3) is 3.83. The number of hydrogen-bond donors (Lipinski definition) is 1. The van der Waals surface area contributed by atoms with E-state index >= 15 is 0 Å². The van der Waals surface area contributed by atoms with Gasteiger partial charge in [0.25, 0.3) is 11.8 Å². The molecular weight excluding hydrogens is 382 g/mol. The molecule has 2 heterocycles. The van der Waals surface area contributed by atoms with Crippen LogP contribution in [0.15, 0.2) is 48.5 Å². The second-order valence-corrected chi connectivity index (χ2v) is 7.72. The maximum absolute atomic E-state index is 12.4. The highest BCUT2D eigenvalue weighted by Crippen LogP contribution is 2.23. The molecule has 4 rings (SSSR count). The fourth-order valence-corrected chi connectivity index (χ4v) is 3.92. The lowest BCUT2D eigenvalue weighted by Gasteiger charge is -2.18. The smallest absolute Gasteiger partial charge is 0.261 e. The van der Waals surface area contributed by atoms with Gasteiger partial charge < -0.3 is 10.2 Å².